The van der Waals surface area contributed by atoms with Gasteiger partial charge in [0.15, 0.2) is 0 Å². The Morgan fingerprint density at radius 2 is 1.76 bits per heavy atom. The lowest BCUT2D eigenvalue weighted by atomic mass is 10.2. The van der Waals surface area contributed by atoms with Gasteiger partial charge >= 0.3 is 12.1 Å². The fraction of sp³-hybridized carbons (Fsp3) is 0.417. The average molecular weight is 325 g/mol. The van der Waals surface area contributed by atoms with Crippen molar-refractivity contribution in [2.24, 2.45) is 0 Å². The molecule has 1 aromatic carbocycles. The molecule has 0 saturated carbocycles. The number of carboxylic acids is 1. The summed E-state index contributed by atoms with van der Waals surface area (Å²) in [7, 11) is -4.01. The SMILES string of the molecule is CCN(CCC(=O)O)S(=O)(=O)c1ccc(C(F)(F)F)cc1. The number of alkyl halides is 3. The van der Waals surface area contributed by atoms with E-state index in [9.17, 15) is 26.4 Å². The van der Waals surface area contributed by atoms with Crippen LogP contribution >= 0.6 is 0 Å². The fourth-order valence-electron chi connectivity index (χ4n) is 1.63. The smallest absolute Gasteiger partial charge is 0.416 e. The minimum atomic E-state index is -4.55. The Balaban J connectivity index is 3.03. The Labute approximate surface area is 120 Å². The molecule has 0 aliphatic rings. The molecule has 0 atom stereocenters. The van der Waals surface area contributed by atoms with E-state index < -0.39 is 27.7 Å². The van der Waals surface area contributed by atoms with Gasteiger partial charge in [0.2, 0.25) is 10.0 Å². The maximum Gasteiger partial charge on any atom is 0.416 e. The third kappa shape index (κ3) is 4.43. The van der Waals surface area contributed by atoms with Crippen molar-refractivity contribution in [2.45, 2.75) is 24.4 Å². The Morgan fingerprint density at radius 3 is 2.14 bits per heavy atom. The van der Waals surface area contributed by atoms with Crippen molar-refractivity contribution in [3.63, 3.8) is 0 Å². The summed E-state index contributed by atoms with van der Waals surface area (Å²) in [5, 5.41) is 8.57. The van der Waals surface area contributed by atoms with E-state index >= 15 is 0 Å². The van der Waals surface area contributed by atoms with Crippen LogP contribution in [0.25, 0.3) is 0 Å². The molecule has 0 bridgehead atoms. The number of carboxylic acid groups (broad SMARTS) is 1. The highest BCUT2D eigenvalue weighted by Gasteiger charge is 2.31. The third-order valence-corrected chi connectivity index (χ3v) is 4.74. The van der Waals surface area contributed by atoms with E-state index in [1.165, 1.54) is 6.92 Å². The second-order valence-corrected chi connectivity index (χ2v) is 6.10. The first-order valence-corrected chi connectivity index (χ1v) is 7.42. The van der Waals surface area contributed by atoms with Crippen molar-refractivity contribution in [1.82, 2.24) is 4.31 Å². The number of benzene rings is 1. The molecule has 0 heterocycles. The van der Waals surface area contributed by atoms with Gasteiger partial charge in [-0.1, -0.05) is 6.92 Å². The molecule has 1 aromatic rings. The summed E-state index contributed by atoms with van der Waals surface area (Å²) < 4.78 is 62.6. The number of sulfonamides is 1. The highest BCUT2D eigenvalue weighted by molar-refractivity contribution is 7.89. The summed E-state index contributed by atoms with van der Waals surface area (Å²) >= 11 is 0. The Hall–Kier alpha value is -1.61. The molecular weight excluding hydrogens is 311 g/mol. The zero-order valence-electron chi connectivity index (χ0n) is 11.1. The van der Waals surface area contributed by atoms with Crippen molar-refractivity contribution in [2.75, 3.05) is 13.1 Å². The van der Waals surface area contributed by atoms with Crippen LogP contribution in [-0.4, -0.2) is 36.9 Å². The lowest BCUT2D eigenvalue weighted by molar-refractivity contribution is -0.138. The van der Waals surface area contributed by atoms with Gasteiger partial charge in [-0.25, -0.2) is 8.42 Å². The average Bonchev–Trinajstić information content (AvgIpc) is 2.38. The summed E-state index contributed by atoms with van der Waals surface area (Å²) in [6.07, 6.45) is -4.93. The molecule has 0 radical (unpaired) electrons. The van der Waals surface area contributed by atoms with Crippen molar-refractivity contribution < 1.29 is 31.5 Å². The van der Waals surface area contributed by atoms with E-state index in [-0.39, 0.29) is 24.4 Å². The van der Waals surface area contributed by atoms with Gasteiger partial charge in [-0.05, 0) is 24.3 Å². The van der Waals surface area contributed by atoms with Gasteiger partial charge in [-0.15, -0.1) is 0 Å². The van der Waals surface area contributed by atoms with Gasteiger partial charge in [-0.2, -0.15) is 17.5 Å². The molecule has 0 amide bonds. The normalized spacial score (nSPS) is 12.6. The predicted molar refractivity (Wildman–Crippen MR) is 68.1 cm³/mol. The van der Waals surface area contributed by atoms with Gasteiger partial charge in [0, 0.05) is 13.1 Å². The van der Waals surface area contributed by atoms with Crippen LogP contribution in [0, 0.1) is 0 Å². The van der Waals surface area contributed by atoms with Gasteiger partial charge in [-0.3, -0.25) is 4.79 Å². The summed E-state index contributed by atoms with van der Waals surface area (Å²) in [6, 6.07) is 3.08. The molecule has 0 saturated heterocycles. The van der Waals surface area contributed by atoms with Crippen molar-refractivity contribution >= 4 is 16.0 Å². The Kier molecular flexibility index (Phi) is 5.35. The molecule has 1 rings (SSSR count). The van der Waals surface area contributed by atoms with Gasteiger partial charge in [0.25, 0.3) is 0 Å². The summed E-state index contributed by atoms with van der Waals surface area (Å²) in [4.78, 5) is 10.2. The van der Waals surface area contributed by atoms with Crippen LogP contribution in [-0.2, 0) is 21.0 Å². The second kappa shape index (κ2) is 6.44. The molecule has 0 aliphatic heterocycles. The molecule has 0 unspecified atom stereocenters. The van der Waals surface area contributed by atoms with Crippen LogP contribution in [0.2, 0.25) is 0 Å². The quantitative estimate of drug-likeness (QED) is 0.870. The number of hydrogen-bond acceptors (Lipinski definition) is 3. The molecular formula is C12H14F3NO4S. The number of rotatable bonds is 6. The molecule has 0 aliphatic carbocycles. The molecule has 1 N–H and O–H groups in total. The second-order valence-electron chi connectivity index (χ2n) is 4.16. The summed E-state index contributed by atoms with van der Waals surface area (Å²) in [6.45, 7) is 1.30. The van der Waals surface area contributed by atoms with Gasteiger partial charge in [0.05, 0.1) is 16.9 Å². The predicted octanol–water partition coefficient (Wildman–Crippen LogP) is 2.19. The molecule has 5 nitrogen and oxygen atoms in total. The monoisotopic (exact) mass is 325 g/mol. The standard InChI is InChI=1S/C12H14F3NO4S/c1-2-16(8-7-11(17)18)21(19,20)10-5-3-9(4-6-10)12(13,14)15/h3-6H,2,7-8H2,1H3,(H,17,18). The van der Waals surface area contributed by atoms with Crippen LogP contribution in [0.15, 0.2) is 29.2 Å². The first-order chi connectivity index (χ1) is 9.59. The number of aliphatic carboxylic acids is 1. The molecule has 118 valence electrons. The summed E-state index contributed by atoms with van der Waals surface area (Å²) in [5.41, 5.74) is -0.949. The maximum atomic E-state index is 12.4. The highest BCUT2D eigenvalue weighted by Crippen LogP contribution is 2.30. The van der Waals surface area contributed by atoms with Gasteiger partial charge in [0.1, 0.15) is 0 Å². The van der Waals surface area contributed by atoms with E-state index in [0.717, 1.165) is 16.4 Å². The lowest BCUT2D eigenvalue weighted by Gasteiger charge is -2.20. The van der Waals surface area contributed by atoms with Crippen molar-refractivity contribution in [3.05, 3.63) is 29.8 Å². The minimum Gasteiger partial charge on any atom is -0.481 e. The maximum absolute atomic E-state index is 12.4. The van der Waals surface area contributed by atoms with Crippen LogP contribution in [0.4, 0.5) is 13.2 Å². The number of nitrogens with zero attached hydrogens (tertiary/aromatic N) is 1. The van der Waals surface area contributed by atoms with Crippen LogP contribution in [0.1, 0.15) is 18.9 Å². The number of halogens is 3. The Morgan fingerprint density at radius 1 is 1.24 bits per heavy atom. The van der Waals surface area contributed by atoms with E-state index in [0.29, 0.717) is 12.1 Å². The van der Waals surface area contributed by atoms with E-state index in [1.54, 1.807) is 0 Å². The van der Waals surface area contributed by atoms with Crippen LogP contribution in [0.5, 0.6) is 0 Å². The van der Waals surface area contributed by atoms with Crippen LogP contribution < -0.4 is 0 Å². The van der Waals surface area contributed by atoms with E-state index in [1.807, 2.05) is 0 Å². The van der Waals surface area contributed by atoms with Gasteiger partial charge < -0.3 is 5.11 Å². The van der Waals surface area contributed by atoms with E-state index in [2.05, 4.69) is 0 Å². The topological polar surface area (TPSA) is 74.7 Å². The molecule has 0 aromatic heterocycles. The Bertz CT molecular complexity index is 596. The molecule has 0 fully saturated rings. The lowest BCUT2D eigenvalue weighted by Crippen LogP contribution is -2.32. The number of carbonyl (C=O) groups is 1. The van der Waals surface area contributed by atoms with Crippen molar-refractivity contribution in [1.29, 1.82) is 0 Å². The molecule has 21 heavy (non-hydrogen) atoms. The molecule has 0 spiro atoms. The first-order valence-electron chi connectivity index (χ1n) is 5.98. The van der Waals surface area contributed by atoms with E-state index in [4.69, 9.17) is 5.11 Å². The number of hydrogen-bond donors (Lipinski definition) is 1. The zero-order valence-corrected chi connectivity index (χ0v) is 11.9. The van der Waals surface area contributed by atoms with Crippen LogP contribution in [0.3, 0.4) is 0 Å². The highest BCUT2D eigenvalue weighted by atomic mass is 32.2. The fourth-order valence-corrected chi connectivity index (χ4v) is 3.08. The largest absolute Gasteiger partial charge is 0.481 e. The zero-order chi connectivity index (χ0) is 16.3. The molecule has 9 heteroatoms. The van der Waals surface area contributed by atoms with Crippen molar-refractivity contribution in [3.8, 4) is 0 Å². The summed E-state index contributed by atoms with van der Waals surface area (Å²) in [5.74, 6) is -1.16. The third-order valence-electron chi connectivity index (χ3n) is 2.75. The first kappa shape index (κ1) is 17.4. The minimum absolute atomic E-state index is 0.0244.